The Labute approximate surface area is 191 Å². The molecule has 0 spiro atoms. The lowest BCUT2D eigenvalue weighted by atomic mass is 9.98. The first kappa shape index (κ1) is 32.5. The quantitative estimate of drug-likeness (QED) is 0.360. The lowest BCUT2D eigenvalue weighted by Crippen LogP contribution is -2.42. The molecule has 0 aliphatic rings. The third-order valence-corrected chi connectivity index (χ3v) is 16.5. The van der Waals surface area contributed by atoms with Gasteiger partial charge in [0.15, 0.2) is 16.6 Å². The van der Waals surface area contributed by atoms with Gasteiger partial charge in [-0.25, -0.2) is 0 Å². The van der Waals surface area contributed by atoms with Gasteiger partial charge in [0, 0.05) is 26.4 Å². The highest BCUT2D eigenvalue weighted by Crippen LogP contribution is 2.37. The molecular formula is C24H56O4Si2. The van der Waals surface area contributed by atoms with Crippen LogP contribution in [0.25, 0.3) is 0 Å². The summed E-state index contributed by atoms with van der Waals surface area (Å²) < 4.78 is 12.2. The minimum absolute atomic E-state index is 0.252. The molecule has 2 N–H and O–H groups in total. The van der Waals surface area contributed by atoms with Gasteiger partial charge in [-0.15, -0.1) is 0 Å². The number of aliphatic hydroxyl groups excluding tert-OH is 2. The van der Waals surface area contributed by atoms with Crippen molar-refractivity contribution in [2.75, 3.05) is 26.4 Å². The first-order valence-electron chi connectivity index (χ1n) is 11.7. The van der Waals surface area contributed by atoms with Gasteiger partial charge in [-0.05, 0) is 59.9 Å². The summed E-state index contributed by atoms with van der Waals surface area (Å²) in [6.45, 7) is 33.1. The van der Waals surface area contributed by atoms with E-state index in [0.717, 1.165) is 13.2 Å². The Morgan fingerprint density at radius 1 is 0.567 bits per heavy atom. The molecular weight excluding hydrogens is 408 g/mol. The molecule has 0 heterocycles. The molecule has 0 amide bonds. The fraction of sp³-hybridized carbons (Fsp3) is 1.00. The second kappa shape index (κ2) is 13.1. The number of aliphatic hydroxyl groups is 2. The summed E-state index contributed by atoms with van der Waals surface area (Å²) in [5.74, 6) is 1.53. The van der Waals surface area contributed by atoms with Crippen molar-refractivity contribution < 1.29 is 19.1 Å². The Balaban J connectivity index is 0. The van der Waals surface area contributed by atoms with Crippen LogP contribution in [-0.2, 0) is 8.85 Å². The molecule has 6 heteroatoms. The molecule has 0 saturated carbocycles. The minimum Gasteiger partial charge on any atom is -0.417 e. The van der Waals surface area contributed by atoms with E-state index in [4.69, 9.17) is 19.1 Å². The number of hydrogen-bond acceptors (Lipinski definition) is 4. The van der Waals surface area contributed by atoms with Crippen LogP contribution in [0.1, 0.15) is 69.2 Å². The van der Waals surface area contributed by atoms with Crippen LogP contribution >= 0.6 is 0 Å². The zero-order valence-corrected chi connectivity index (χ0v) is 24.8. The lowest BCUT2D eigenvalue weighted by Gasteiger charge is -2.37. The van der Waals surface area contributed by atoms with Crippen LogP contribution in [0, 0.1) is 23.7 Å². The fourth-order valence-corrected chi connectivity index (χ4v) is 4.03. The maximum Gasteiger partial charge on any atom is 0.191 e. The summed E-state index contributed by atoms with van der Waals surface area (Å²) in [4.78, 5) is 0. The number of rotatable bonds is 10. The van der Waals surface area contributed by atoms with E-state index in [1.807, 2.05) is 0 Å². The van der Waals surface area contributed by atoms with Gasteiger partial charge >= 0.3 is 0 Å². The first-order valence-corrected chi connectivity index (χ1v) is 17.5. The Morgan fingerprint density at radius 2 is 0.800 bits per heavy atom. The Hall–Kier alpha value is 0.274. The monoisotopic (exact) mass is 464 g/mol. The standard InChI is InChI=1S/2C12H28O2Si/c2*1-10(8-13)11(2)9-14-15(6,7)12(3,4)5/h2*10-11,13H,8-9H2,1-7H3/t2*10-,11+/m10/s1. The minimum atomic E-state index is -1.61. The van der Waals surface area contributed by atoms with Crippen molar-refractivity contribution in [3.8, 4) is 0 Å². The molecule has 4 nitrogen and oxygen atoms in total. The Kier molecular flexibility index (Phi) is 14.2. The summed E-state index contributed by atoms with van der Waals surface area (Å²) in [7, 11) is -3.22. The van der Waals surface area contributed by atoms with E-state index in [-0.39, 0.29) is 23.3 Å². The Morgan fingerprint density at radius 3 is 0.967 bits per heavy atom. The third kappa shape index (κ3) is 11.8. The molecule has 0 aromatic rings. The molecule has 0 saturated heterocycles. The second-order valence-corrected chi connectivity index (χ2v) is 22.0. The van der Waals surface area contributed by atoms with Crippen molar-refractivity contribution in [3.63, 3.8) is 0 Å². The molecule has 30 heavy (non-hydrogen) atoms. The zero-order chi connectivity index (χ0) is 24.6. The summed E-state index contributed by atoms with van der Waals surface area (Å²) in [5, 5.41) is 18.6. The van der Waals surface area contributed by atoms with Gasteiger partial charge in [-0.1, -0.05) is 69.2 Å². The van der Waals surface area contributed by atoms with Gasteiger partial charge in [-0.2, -0.15) is 0 Å². The number of hydrogen-bond donors (Lipinski definition) is 2. The largest absolute Gasteiger partial charge is 0.417 e. The molecule has 0 radical (unpaired) electrons. The molecule has 4 atom stereocenters. The van der Waals surface area contributed by atoms with Crippen molar-refractivity contribution in [2.45, 2.75) is 106 Å². The van der Waals surface area contributed by atoms with Crippen LogP contribution in [-0.4, -0.2) is 53.3 Å². The van der Waals surface area contributed by atoms with Crippen molar-refractivity contribution in [1.29, 1.82) is 0 Å². The molecule has 0 aliphatic heterocycles. The van der Waals surface area contributed by atoms with E-state index in [1.165, 1.54) is 0 Å². The predicted octanol–water partition coefficient (Wildman–Crippen LogP) is 6.55. The van der Waals surface area contributed by atoms with Crippen LogP contribution in [0.3, 0.4) is 0 Å². The van der Waals surface area contributed by atoms with Crippen molar-refractivity contribution in [2.24, 2.45) is 23.7 Å². The summed E-state index contributed by atoms with van der Waals surface area (Å²) >= 11 is 0. The van der Waals surface area contributed by atoms with E-state index in [1.54, 1.807) is 0 Å². The van der Waals surface area contributed by atoms with E-state index >= 15 is 0 Å². The first-order chi connectivity index (χ1) is 13.2. The SMILES string of the molecule is C[C@H](CO)[C@@H](C)CO[Si](C)(C)C(C)(C)C.C[C@H](CO[Si](C)(C)C(C)(C)C)[C@@H](C)CO. The highest BCUT2D eigenvalue weighted by atomic mass is 28.4. The zero-order valence-electron chi connectivity index (χ0n) is 22.8. The fourth-order valence-electron chi connectivity index (χ4n) is 1.80. The lowest BCUT2D eigenvalue weighted by molar-refractivity contribution is 0.144. The van der Waals surface area contributed by atoms with Gasteiger partial charge in [0.1, 0.15) is 0 Å². The van der Waals surface area contributed by atoms with Crippen LogP contribution < -0.4 is 0 Å². The maximum absolute atomic E-state index is 9.05. The highest BCUT2D eigenvalue weighted by molar-refractivity contribution is 6.74. The molecule has 0 fully saturated rings. The van der Waals surface area contributed by atoms with Gasteiger partial charge in [0.25, 0.3) is 0 Å². The third-order valence-electron chi connectivity index (χ3n) is 7.55. The van der Waals surface area contributed by atoms with Crippen LogP contribution in [0.2, 0.25) is 36.3 Å². The maximum atomic E-state index is 9.05. The normalized spacial score (nSPS) is 17.6. The highest BCUT2D eigenvalue weighted by Gasteiger charge is 2.38. The summed E-state index contributed by atoms with van der Waals surface area (Å²) in [5.41, 5.74) is 0. The van der Waals surface area contributed by atoms with Crippen LogP contribution in [0.4, 0.5) is 0 Å². The molecule has 0 unspecified atom stereocenters. The summed E-state index contributed by atoms with van der Waals surface area (Å²) in [6, 6.07) is 0. The average molecular weight is 465 g/mol. The van der Waals surface area contributed by atoms with Crippen LogP contribution in [0.15, 0.2) is 0 Å². The average Bonchev–Trinajstić information content (AvgIpc) is 2.61. The second-order valence-electron chi connectivity index (χ2n) is 12.4. The van der Waals surface area contributed by atoms with Gasteiger partial charge < -0.3 is 19.1 Å². The van der Waals surface area contributed by atoms with E-state index < -0.39 is 16.6 Å². The van der Waals surface area contributed by atoms with Crippen molar-refractivity contribution in [3.05, 3.63) is 0 Å². The molecule has 0 rings (SSSR count). The molecule has 0 aromatic heterocycles. The van der Waals surface area contributed by atoms with Gasteiger partial charge in [-0.3, -0.25) is 0 Å². The predicted molar refractivity (Wildman–Crippen MR) is 137 cm³/mol. The van der Waals surface area contributed by atoms with Crippen molar-refractivity contribution in [1.82, 2.24) is 0 Å². The van der Waals surface area contributed by atoms with E-state index in [9.17, 15) is 0 Å². The van der Waals surface area contributed by atoms with E-state index in [0.29, 0.717) is 23.7 Å². The Bertz CT molecular complexity index is 411. The smallest absolute Gasteiger partial charge is 0.191 e. The van der Waals surface area contributed by atoms with Crippen molar-refractivity contribution >= 4 is 16.6 Å². The molecule has 0 bridgehead atoms. The molecule has 184 valence electrons. The van der Waals surface area contributed by atoms with E-state index in [2.05, 4.69) is 95.4 Å². The van der Waals surface area contributed by atoms with Crippen LogP contribution in [0.5, 0.6) is 0 Å². The topological polar surface area (TPSA) is 58.9 Å². The molecule has 0 aliphatic carbocycles. The summed E-state index contributed by atoms with van der Waals surface area (Å²) in [6.07, 6.45) is 0. The van der Waals surface area contributed by atoms with Gasteiger partial charge in [0.05, 0.1) is 0 Å². The van der Waals surface area contributed by atoms with Gasteiger partial charge in [0.2, 0.25) is 0 Å². The molecule has 0 aromatic carbocycles.